The van der Waals surface area contributed by atoms with E-state index in [0.29, 0.717) is 5.56 Å². The van der Waals surface area contributed by atoms with Crippen LogP contribution >= 0.6 is 0 Å². The van der Waals surface area contributed by atoms with Gasteiger partial charge >= 0.3 is 0 Å². The van der Waals surface area contributed by atoms with Gasteiger partial charge < -0.3 is 4.74 Å². The van der Waals surface area contributed by atoms with Gasteiger partial charge in [-0.1, -0.05) is 60.2 Å². The first kappa shape index (κ1) is 14.2. The van der Waals surface area contributed by atoms with E-state index in [0.717, 1.165) is 11.1 Å². The Morgan fingerprint density at radius 3 is 2.10 bits per heavy atom. The number of ether oxygens (including phenoxy) is 1. The summed E-state index contributed by atoms with van der Waals surface area (Å²) >= 11 is 0. The molecule has 0 amide bonds. The van der Waals surface area contributed by atoms with Crippen LogP contribution in [0.25, 0.3) is 0 Å². The van der Waals surface area contributed by atoms with Gasteiger partial charge in [-0.2, -0.15) is 0 Å². The van der Waals surface area contributed by atoms with Crippen LogP contribution in [0.4, 0.5) is 0 Å². The quantitative estimate of drug-likeness (QED) is 0.615. The van der Waals surface area contributed by atoms with Gasteiger partial charge in [-0.3, -0.25) is 10.1 Å². The average molecular weight is 271 g/mol. The van der Waals surface area contributed by atoms with Crippen LogP contribution in [0, 0.1) is 17.0 Å². The summed E-state index contributed by atoms with van der Waals surface area (Å²) in [5, 5.41) is 11.5. The fraction of sp³-hybridized carbons (Fsp3) is 0.250. The summed E-state index contributed by atoms with van der Waals surface area (Å²) in [6.07, 6.45) is -0.604. The number of nitro groups is 1. The van der Waals surface area contributed by atoms with Crippen LogP contribution in [0.3, 0.4) is 0 Å². The predicted molar refractivity (Wildman–Crippen MR) is 77.1 cm³/mol. The van der Waals surface area contributed by atoms with Crippen molar-refractivity contribution in [1.29, 1.82) is 0 Å². The third-order valence-electron chi connectivity index (χ3n) is 3.31. The molecule has 2 atom stereocenters. The van der Waals surface area contributed by atoms with Gasteiger partial charge in [0.15, 0.2) is 6.10 Å². The van der Waals surface area contributed by atoms with Crippen molar-refractivity contribution in [1.82, 2.24) is 0 Å². The molecule has 0 radical (unpaired) electrons. The van der Waals surface area contributed by atoms with Crippen molar-refractivity contribution in [3.05, 3.63) is 81.4 Å². The van der Waals surface area contributed by atoms with Crippen LogP contribution in [0.15, 0.2) is 54.6 Å². The highest BCUT2D eigenvalue weighted by molar-refractivity contribution is 5.27. The normalized spacial score (nSPS) is 13.7. The topological polar surface area (TPSA) is 52.4 Å². The van der Waals surface area contributed by atoms with Crippen molar-refractivity contribution in [2.75, 3.05) is 7.11 Å². The molecule has 0 saturated heterocycles. The molecule has 2 rings (SSSR count). The van der Waals surface area contributed by atoms with Gasteiger partial charge in [-0.15, -0.1) is 0 Å². The number of hydrogen-bond acceptors (Lipinski definition) is 3. The summed E-state index contributed by atoms with van der Waals surface area (Å²) < 4.78 is 5.41. The van der Waals surface area contributed by atoms with Crippen molar-refractivity contribution in [3.8, 4) is 0 Å². The molecule has 0 spiro atoms. The number of rotatable bonds is 5. The Balaban J connectivity index is 2.41. The standard InChI is InChI=1S/C16H17NO3/c1-12-8-10-14(11-9-12)16(20-2)15(17(18)19)13-6-4-3-5-7-13/h3-11,15-16H,1-2H3. The summed E-state index contributed by atoms with van der Waals surface area (Å²) in [5.41, 5.74) is 2.56. The Bertz CT molecular complexity index is 566. The van der Waals surface area contributed by atoms with E-state index in [1.54, 1.807) is 24.3 Å². The van der Waals surface area contributed by atoms with Crippen LogP contribution in [0.2, 0.25) is 0 Å². The van der Waals surface area contributed by atoms with E-state index in [1.165, 1.54) is 7.11 Å². The minimum atomic E-state index is -0.913. The van der Waals surface area contributed by atoms with Gasteiger partial charge in [0.25, 0.3) is 6.04 Å². The summed E-state index contributed by atoms with van der Waals surface area (Å²) in [7, 11) is 1.50. The molecule has 0 aliphatic rings. The van der Waals surface area contributed by atoms with E-state index in [-0.39, 0.29) is 4.92 Å². The smallest absolute Gasteiger partial charge is 0.267 e. The van der Waals surface area contributed by atoms with E-state index in [2.05, 4.69) is 0 Å². The Morgan fingerprint density at radius 2 is 1.60 bits per heavy atom. The molecule has 0 aliphatic carbocycles. The fourth-order valence-corrected chi connectivity index (χ4v) is 2.26. The number of benzene rings is 2. The van der Waals surface area contributed by atoms with Gasteiger partial charge in [0.2, 0.25) is 0 Å². The molecule has 0 fully saturated rings. The molecule has 20 heavy (non-hydrogen) atoms. The summed E-state index contributed by atoms with van der Waals surface area (Å²) in [5.74, 6) is 0. The molecule has 4 nitrogen and oxygen atoms in total. The van der Waals surface area contributed by atoms with E-state index in [4.69, 9.17) is 4.74 Å². The molecule has 0 bridgehead atoms. The monoisotopic (exact) mass is 271 g/mol. The molecule has 0 N–H and O–H groups in total. The van der Waals surface area contributed by atoms with E-state index >= 15 is 0 Å². The molecule has 104 valence electrons. The molecular formula is C16H17NO3. The first-order valence-corrected chi connectivity index (χ1v) is 6.41. The van der Waals surface area contributed by atoms with Crippen molar-refractivity contribution in [2.24, 2.45) is 0 Å². The van der Waals surface area contributed by atoms with Gasteiger partial charge in [-0.05, 0) is 12.5 Å². The third kappa shape index (κ3) is 3.03. The first-order chi connectivity index (χ1) is 9.63. The molecular weight excluding hydrogens is 254 g/mol. The maximum Gasteiger partial charge on any atom is 0.267 e. The van der Waals surface area contributed by atoms with Gasteiger partial charge in [0.05, 0.1) is 0 Å². The van der Waals surface area contributed by atoms with Crippen LogP contribution in [0.5, 0.6) is 0 Å². The zero-order valence-electron chi connectivity index (χ0n) is 11.5. The van der Waals surface area contributed by atoms with Gasteiger partial charge in [0, 0.05) is 17.6 Å². The molecule has 0 saturated carbocycles. The van der Waals surface area contributed by atoms with Crippen molar-refractivity contribution in [3.63, 3.8) is 0 Å². The van der Waals surface area contributed by atoms with E-state index < -0.39 is 12.1 Å². The average Bonchev–Trinajstić information content (AvgIpc) is 2.46. The maximum absolute atomic E-state index is 11.5. The Labute approximate surface area is 118 Å². The lowest BCUT2D eigenvalue weighted by atomic mass is 9.95. The Kier molecular flexibility index (Phi) is 4.48. The SMILES string of the molecule is COC(c1ccc(C)cc1)C(c1ccccc1)[N+](=O)[O-]. The number of aryl methyl sites for hydroxylation is 1. The molecule has 4 heteroatoms. The maximum atomic E-state index is 11.5. The van der Waals surface area contributed by atoms with Crippen molar-refractivity contribution in [2.45, 2.75) is 19.1 Å². The van der Waals surface area contributed by atoms with E-state index in [1.807, 2.05) is 37.3 Å². The van der Waals surface area contributed by atoms with Crippen LogP contribution < -0.4 is 0 Å². The number of hydrogen-bond donors (Lipinski definition) is 0. The molecule has 2 unspecified atom stereocenters. The van der Waals surface area contributed by atoms with Crippen molar-refractivity contribution < 1.29 is 9.66 Å². The third-order valence-corrected chi connectivity index (χ3v) is 3.31. The minimum Gasteiger partial charge on any atom is -0.369 e. The first-order valence-electron chi connectivity index (χ1n) is 6.41. The lowest BCUT2D eigenvalue weighted by molar-refractivity contribution is -0.543. The molecule has 0 aromatic heterocycles. The molecule has 0 aliphatic heterocycles. The van der Waals surface area contributed by atoms with E-state index in [9.17, 15) is 10.1 Å². The second-order valence-corrected chi connectivity index (χ2v) is 4.71. The lowest BCUT2D eigenvalue weighted by Crippen LogP contribution is -2.21. The van der Waals surface area contributed by atoms with Gasteiger partial charge in [0.1, 0.15) is 0 Å². The van der Waals surface area contributed by atoms with Crippen LogP contribution in [0.1, 0.15) is 28.8 Å². The van der Waals surface area contributed by atoms with Crippen LogP contribution in [-0.2, 0) is 4.74 Å². The summed E-state index contributed by atoms with van der Waals surface area (Å²) in [6.45, 7) is 1.98. The molecule has 2 aromatic rings. The van der Waals surface area contributed by atoms with Crippen LogP contribution in [-0.4, -0.2) is 12.0 Å². The highest BCUT2D eigenvalue weighted by Gasteiger charge is 2.34. The minimum absolute atomic E-state index is 0.288. The second kappa shape index (κ2) is 6.30. The molecule has 0 heterocycles. The largest absolute Gasteiger partial charge is 0.369 e. The zero-order chi connectivity index (χ0) is 14.5. The zero-order valence-corrected chi connectivity index (χ0v) is 11.5. The second-order valence-electron chi connectivity index (χ2n) is 4.71. The summed E-state index contributed by atoms with van der Waals surface area (Å²) in [4.78, 5) is 11.2. The Hall–Kier alpha value is -2.20. The predicted octanol–water partition coefficient (Wildman–Crippen LogP) is 3.70. The number of nitrogens with zero attached hydrogens (tertiary/aromatic N) is 1. The summed E-state index contributed by atoms with van der Waals surface area (Å²) in [6, 6.07) is 15.7. The highest BCUT2D eigenvalue weighted by Crippen LogP contribution is 2.34. The Morgan fingerprint density at radius 1 is 1.00 bits per heavy atom. The fourth-order valence-electron chi connectivity index (χ4n) is 2.26. The molecule has 2 aromatic carbocycles. The van der Waals surface area contributed by atoms with Crippen molar-refractivity contribution >= 4 is 0 Å². The van der Waals surface area contributed by atoms with Gasteiger partial charge in [-0.25, -0.2) is 0 Å². The lowest BCUT2D eigenvalue weighted by Gasteiger charge is -2.20. The number of methoxy groups -OCH3 is 1. The highest BCUT2D eigenvalue weighted by atomic mass is 16.6.